The highest BCUT2D eigenvalue weighted by atomic mass is 19.1. The minimum atomic E-state index is -1.18. The van der Waals surface area contributed by atoms with Gasteiger partial charge < -0.3 is 9.47 Å². The molecule has 3 nitrogen and oxygen atoms in total. The monoisotopic (exact) mass is 338 g/mol. The summed E-state index contributed by atoms with van der Waals surface area (Å²) in [5, 5.41) is 0. The Hall–Kier alpha value is -2.72. The van der Waals surface area contributed by atoms with E-state index in [2.05, 4.69) is 0 Å². The number of hydrogen-bond donors (Lipinski definition) is 0. The van der Waals surface area contributed by atoms with Crippen molar-refractivity contribution < 1.29 is 18.7 Å². The fourth-order valence-electron chi connectivity index (χ4n) is 2.79. The number of halogens is 1. The fraction of sp³-hybridized carbons (Fsp3) is 0.190. The second kappa shape index (κ2) is 7.03. The Morgan fingerprint density at radius 2 is 1.92 bits per heavy atom. The molecule has 3 rings (SSSR count). The molecule has 0 N–H and O–H groups in total. The minimum Gasteiger partial charge on any atom is -0.458 e. The van der Waals surface area contributed by atoms with Crippen LogP contribution >= 0.6 is 0 Å². The summed E-state index contributed by atoms with van der Waals surface area (Å²) in [6.45, 7) is 3.94. The lowest BCUT2D eigenvalue weighted by Crippen LogP contribution is -2.42. The van der Waals surface area contributed by atoms with Gasteiger partial charge in [0.05, 0.1) is 5.57 Å². The minimum absolute atomic E-state index is 0.284. The van der Waals surface area contributed by atoms with Gasteiger partial charge in [-0.1, -0.05) is 36.4 Å². The van der Waals surface area contributed by atoms with E-state index in [0.717, 1.165) is 5.56 Å². The first-order chi connectivity index (χ1) is 12.0. The smallest absolute Gasteiger partial charge is 0.238 e. The van der Waals surface area contributed by atoms with Crippen LogP contribution in [0.1, 0.15) is 25.0 Å². The lowest BCUT2D eigenvalue weighted by molar-refractivity contribution is -0.146. The first kappa shape index (κ1) is 17.1. The molecule has 0 radical (unpaired) electrons. The topological polar surface area (TPSA) is 35.5 Å². The van der Waals surface area contributed by atoms with Crippen molar-refractivity contribution in [2.45, 2.75) is 19.6 Å². The van der Waals surface area contributed by atoms with E-state index in [1.807, 2.05) is 31.2 Å². The Bertz CT molecular complexity index is 854. The van der Waals surface area contributed by atoms with Crippen LogP contribution < -0.4 is 4.74 Å². The molecular formula is C21H19FO3. The molecule has 0 bridgehead atoms. The summed E-state index contributed by atoms with van der Waals surface area (Å²) in [6.07, 6.45) is 4.58. The van der Waals surface area contributed by atoms with Gasteiger partial charge in [0.15, 0.2) is 5.78 Å². The normalized spacial score (nSPS) is 19.2. The van der Waals surface area contributed by atoms with Gasteiger partial charge in [0.25, 0.3) is 0 Å². The van der Waals surface area contributed by atoms with Crippen molar-refractivity contribution in [2.75, 3.05) is 6.61 Å². The van der Waals surface area contributed by atoms with E-state index >= 15 is 0 Å². The lowest BCUT2D eigenvalue weighted by atomic mass is 9.95. The molecule has 1 aliphatic rings. The van der Waals surface area contributed by atoms with Crippen molar-refractivity contribution in [1.82, 2.24) is 0 Å². The second-order valence-corrected chi connectivity index (χ2v) is 5.80. The van der Waals surface area contributed by atoms with Gasteiger partial charge in [0.1, 0.15) is 11.6 Å². The predicted octanol–water partition coefficient (Wildman–Crippen LogP) is 4.64. The first-order valence-corrected chi connectivity index (χ1v) is 8.14. The quantitative estimate of drug-likeness (QED) is 0.745. The molecular weight excluding hydrogens is 319 g/mol. The van der Waals surface area contributed by atoms with E-state index in [4.69, 9.17) is 9.47 Å². The summed E-state index contributed by atoms with van der Waals surface area (Å²) in [7, 11) is 0. The van der Waals surface area contributed by atoms with E-state index < -0.39 is 5.79 Å². The molecule has 0 saturated heterocycles. The average Bonchev–Trinajstić information content (AvgIpc) is 2.60. The molecule has 0 saturated carbocycles. The summed E-state index contributed by atoms with van der Waals surface area (Å²) >= 11 is 0. The van der Waals surface area contributed by atoms with Gasteiger partial charge in [-0.2, -0.15) is 0 Å². The molecule has 1 unspecified atom stereocenters. The largest absolute Gasteiger partial charge is 0.458 e. The van der Waals surface area contributed by atoms with Crippen LogP contribution in [0.15, 0.2) is 60.2 Å². The first-order valence-electron chi connectivity index (χ1n) is 8.14. The van der Waals surface area contributed by atoms with Crippen molar-refractivity contribution in [3.8, 4) is 5.75 Å². The van der Waals surface area contributed by atoms with Gasteiger partial charge in [-0.05, 0) is 37.3 Å². The third kappa shape index (κ3) is 3.54. The maximum absolute atomic E-state index is 13.7. The van der Waals surface area contributed by atoms with E-state index in [1.165, 1.54) is 18.2 Å². The van der Waals surface area contributed by atoms with Crippen LogP contribution in [0, 0.1) is 5.82 Å². The summed E-state index contributed by atoms with van der Waals surface area (Å²) in [4.78, 5) is 12.7. The third-order valence-corrected chi connectivity index (χ3v) is 4.02. The zero-order valence-electron chi connectivity index (χ0n) is 14.2. The van der Waals surface area contributed by atoms with Crippen LogP contribution in [0.25, 0.3) is 12.2 Å². The van der Waals surface area contributed by atoms with Crippen LogP contribution in [0.3, 0.4) is 0 Å². The Kier molecular flexibility index (Phi) is 4.81. The SMILES string of the molecule is CCOC1(C)Oc2ccccc2C=C1C(=O)/C=C/c1ccccc1F. The highest BCUT2D eigenvalue weighted by molar-refractivity contribution is 6.10. The van der Waals surface area contributed by atoms with E-state index in [0.29, 0.717) is 23.5 Å². The number of rotatable bonds is 5. The number of benzene rings is 2. The zero-order valence-corrected chi connectivity index (χ0v) is 14.2. The summed E-state index contributed by atoms with van der Waals surface area (Å²) in [6, 6.07) is 13.7. The Morgan fingerprint density at radius 1 is 1.20 bits per heavy atom. The Labute approximate surface area is 146 Å². The van der Waals surface area contributed by atoms with Crippen LogP contribution in [0.4, 0.5) is 4.39 Å². The number of fused-ring (bicyclic) bond motifs is 1. The molecule has 0 fully saturated rings. The van der Waals surface area contributed by atoms with E-state index in [-0.39, 0.29) is 11.6 Å². The molecule has 0 aromatic heterocycles. The van der Waals surface area contributed by atoms with Gasteiger partial charge in [0, 0.05) is 24.7 Å². The predicted molar refractivity (Wildman–Crippen MR) is 95.5 cm³/mol. The number of carbonyl (C=O) groups is 1. The van der Waals surface area contributed by atoms with Crippen LogP contribution in [-0.2, 0) is 9.53 Å². The maximum Gasteiger partial charge on any atom is 0.238 e. The molecule has 1 aliphatic heterocycles. The van der Waals surface area contributed by atoms with Gasteiger partial charge in [0.2, 0.25) is 5.79 Å². The highest BCUT2D eigenvalue weighted by Gasteiger charge is 2.39. The molecule has 0 amide bonds. The molecule has 128 valence electrons. The second-order valence-electron chi connectivity index (χ2n) is 5.80. The molecule has 0 spiro atoms. The standard InChI is InChI=1S/C21H19FO3/c1-3-24-21(2)17(14-16-9-5-7-11-20(16)25-21)19(23)13-12-15-8-4-6-10-18(15)22/h4-14H,3H2,1-2H3/b13-12+. The van der Waals surface area contributed by atoms with Crippen LogP contribution in [-0.4, -0.2) is 18.2 Å². The number of ether oxygens (including phenoxy) is 2. The van der Waals surface area contributed by atoms with Gasteiger partial charge in [-0.3, -0.25) is 4.79 Å². The van der Waals surface area contributed by atoms with E-state index in [9.17, 15) is 9.18 Å². The van der Waals surface area contributed by atoms with Gasteiger partial charge >= 0.3 is 0 Å². The van der Waals surface area contributed by atoms with Crippen molar-refractivity contribution in [2.24, 2.45) is 0 Å². The summed E-state index contributed by atoms with van der Waals surface area (Å²) in [5.41, 5.74) is 1.54. The Morgan fingerprint density at radius 3 is 2.68 bits per heavy atom. The number of ketones is 1. The van der Waals surface area contributed by atoms with Gasteiger partial charge in [-0.25, -0.2) is 4.39 Å². The van der Waals surface area contributed by atoms with Gasteiger partial charge in [-0.15, -0.1) is 0 Å². The number of para-hydroxylation sites is 1. The van der Waals surface area contributed by atoms with Crippen molar-refractivity contribution >= 4 is 17.9 Å². The summed E-state index contributed by atoms with van der Waals surface area (Å²) < 4.78 is 25.4. The van der Waals surface area contributed by atoms with Crippen LogP contribution in [0.5, 0.6) is 5.75 Å². The third-order valence-electron chi connectivity index (χ3n) is 4.02. The molecule has 2 aromatic carbocycles. The molecule has 1 heterocycles. The number of carbonyl (C=O) groups excluding carboxylic acids is 1. The molecule has 4 heteroatoms. The fourth-order valence-corrected chi connectivity index (χ4v) is 2.79. The zero-order chi connectivity index (χ0) is 17.9. The van der Waals surface area contributed by atoms with Crippen LogP contribution in [0.2, 0.25) is 0 Å². The van der Waals surface area contributed by atoms with E-state index in [1.54, 1.807) is 31.2 Å². The molecule has 25 heavy (non-hydrogen) atoms. The van der Waals surface area contributed by atoms with Crippen molar-refractivity contribution in [1.29, 1.82) is 0 Å². The van der Waals surface area contributed by atoms with Crippen molar-refractivity contribution in [3.63, 3.8) is 0 Å². The molecule has 2 aromatic rings. The molecule has 1 atom stereocenters. The molecule has 0 aliphatic carbocycles. The highest BCUT2D eigenvalue weighted by Crippen LogP contribution is 2.37. The average molecular weight is 338 g/mol. The summed E-state index contributed by atoms with van der Waals surface area (Å²) in [5.74, 6) is -1.18. The van der Waals surface area contributed by atoms with Crippen molar-refractivity contribution in [3.05, 3.63) is 77.1 Å². The maximum atomic E-state index is 13.7. The lowest BCUT2D eigenvalue weighted by Gasteiger charge is -2.35. The Balaban J connectivity index is 1.96. The number of allylic oxidation sites excluding steroid dienone is 1. The number of hydrogen-bond acceptors (Lipinski definition) is 3.